The number of carbonyl (C=O) groups is 1. The van der Waals surface area contributed by atoms with Gasteiger partial charge in [0.1, 0.15) is 0 Å². The van der Waals surface area contributed by atoms with Crippen molar-refractivity contribution in [2.45, 2.75) is 25.3 Å². The maximum atomic E-state index is 12.2. The standard InChI is InChI=1S/C15H18N2O4/c18-11-10-16(13-5-3-6-13)15(19)9-8-12-4-1-2-7-14(12)17(20)21/h1-2,4,7-9,13,18H,3,5-6,10-11H2/b9-8+. The monoisotopic (exact) mass is 290 g/mol. The summed E-state index contributed by atoms with van der Waals surface area (Å²) in [5.41, 5.74) is 0.368. The zero-order chi connectivity index (χ0) is 15.2. The topological polar surface area (TPSA) is 83.7 Å². The molecule has 21 heavy (non-hydrogen) atoms. The Kier molecular flexibility index (Phi) is 5.05. The normalized spacial score (nSPS) is 14.9. The molecule has 2 rings (SSSR count). The van der Waals surface area contributed by atoms with Crippen molar-refractivity contribution >= 4 is 17.7 Å². The van der Waals surface area contributed by atoms with Crippen LogP contribution in [0.15, 0.2) is 30.3 Å². The molecule has 1 aliphatic rings. The molecule has 1 aromatic rings. The second-order valence-corrected chi connectivity index (χ2v) is 4.99. The maximum absolute atomic E-state index is 12.2. The largest absolute Gasteiger partial charge is 0.395 e. The smallest absolute Gasteiger partial charge is 0.276 e. The summed E-state index contributed by atoms with van der Waals surface area (Å²) in [4.78, 5) is 24.3. The third-order valence-corrected chi connectivity index (χ3v) is 3.68. The van der Waals surface area contributed by atoms with E-state index in [1.807, 2.05) is 0 Å². The lowest BCUT2D eigenvalue weighted by Gasteiger charge is -2.36. The Bertz CT molecular complexity index is 552. The molecule has 0 spiro atoms. The van der Waals surface area contributed by atoms with Gasteiger partial charge in [0, 0.05) is 24.7 Å². The average molecular weight is 290 g/mol. The van der Waals surface area contributed by atoms with Gasteiger partial charge in [-0.2, -0.15) is 0 Å². The van der Waals surface area contributed by atoms with Crippen LogP contribution in [0.2, 0.25) is 0 Å². The van der Waals surface area contributed by atoms with Gasteiger partial charge >= 0.3 is 0 Å². The van der Waals surface area contributed by atoms with E-state index in [1.54, 1.807) is 23.1 Å². The average Bonchev–Trinajstić information content (AvgIpc) is 2.42. The predicted molar refractivity (Wildman–Crippen MR) is 78.6 cm³/mol. The maximum Gasteiger partial charge on any atom is 0.276 e. The highest BCUT2D eigenvalue weighted by Crippen LogP contribution is 2.25. The Labute approximate surface area is 122 Å². The van der Waals surface area contributed by atoms with Crippen LogP contribution in [0.25, 0.3) is 6.08 Å². The zero-order valence-corrected chi connectivity index (χ0v) is 11.6. The number of para-hydroxylation sites is 1. The van der Waals surface area contributed by atoms with E-state index in [4.69, 9.17) is 5.11 Å². The fraction of sp³-hybridized carbons (Fsp3) is 0.400. The lowest BCUT2D eigenvalue weighted by Crippen LogP contribution is -2.44. The zero-order valence-electron chi connectivity index (χ0n) is 11.6. The van der Waals surface area contributed by atoms with Crippen molar-refractivity contribution in [3.8, 4) is 0 Å². The molecule has 1 N–H and O–H groups in total. The van der Waals surface area contributed by atoms with E-state index in [9.17, 15) is 14.9 Å². The van der Waals surface area contributed by atoms with E-state index in [0.29, 0.717) is 12.1 Å². The van der Waals surface area contributed by atoms with Crippen LogP contribution >= 0.6 is 0 Å². The number of hydrogen-bond acceptors (Lipinski definition) is 4. The van der Waals surface area contributed by atoms with Crippen molar-refractivity contribution in [1.82, 2.24) is 4.90 Å². The second-order valence-electron chi connectivity index (χ2n) is 4.99. The summed E-state index contributed by atoms with van der Waals surface area (Å²) in [6.45, 7) is 0.215. The first-order chi connectivity index (χ1) is 10.1. The van der Waals surface area contributed by atoms with E-state index in [2.05, 4.69) is 0 Å². The molecule has 0 aromatic heterocycles. The first-order valence-electron chi connectivity index (χ1n) is 6.96. The van der Waals surface area contributed by atoms with E-state index < -0.39 is 4.92 Å². The third kappa shape index (κ3) is 3.66. The van der Waals surface area contributed by atoms with Gasteiger partial charge in [-0.1, -0.05) is 12.1 Å². The Balaban J connectivity index is 2.12. The fourth-order valence-corrected chi connectivity index (χ4v) is 2.33. The van der Waals surface area contributed by atoms with Crippen LogP contribution in [0, 0.1) is 10.1 Å². The SMILES string of the molecule is O=C(/C=C/c1ccccc1[N+](=O)[O-])N(CCO)C1CCC1. The number of carbonyl (C=O) groups excluding carboxylic acids is 1. The molecular weight excluding hydrogens is 272 g/mol. The predicted octanol–water partition coefficient (Wildman–Crippen LogP) is 1.98. The minimum atomic E-state index is -0.471. The summed E-state index contributed by atoms with van der Waals surface area (Å²) in [6, 6.07) is 6.46. The van der Waals surface area contributed by atoms with Crippen molar-refractivity contribution in [3.63, 3.8) is 0 Å². The molecule has 0 unspecified atom stereocenters. The summed E-state index contributed by atoms with van der Waals surface area (Å²) < 4.78 is 0. The molecule has 1 amide bonds. The number of aliphatic hydroxyl groups is 1. The molecule has 6 heteroatoms. The van der Waals surface area contributed by atoms with Gasteiger partial charge in [-0.05, 0) is 31.4 Å². The van der Waals surface area contributed by atoms with Crippen LogP contribution < -0.4 is 0 Å². The molecule has 6 nitrogen and oxygen atoms in total. The number of aliphatic hydroxyl groups excluding tert-OH is 1. The summed E-state index contributed by atoms with van der Waals surface area (Å²) in [5.74, 6) is -0.216. The molecule has 1 aliphatic carbocycles. The first kappa shape index (κ1) is 15.2. The lowest BCUT2D eigenvalue weighted by atomic mass is 9.91. The number of nitro groups is 1. The summed E-state index contributed by atoms with van der Waals surface area (Å²) in [6.07, 6.45) is 5.80. The van der Waals surface area contributed by atoms with Crippen LogP contribution in [-0.4, -0.2) is 40.0 Å². The van der Waals surface area contributed by atoms with Crippen LogP contribution in [0.4, 0.5) is 5.69 Å². The second kappa shape index (κ2) is 6.99. The van der Waals surface area contributed by atoms with Crippen molar-refractivity contribution < 1.29 is 14.8 Å². The van der Waals surface area contributed by atoms with Gasteiger partial charge in [-0.15, -0.1) is 0 Å². The molecule has 0 saturated heterocycles. The van der Waals surface area contributed by atoms with Gasteiger partial charge in [0.2, 0.25) is 5.91 Å². The molecule has 112 valence electrons. The number of hydrogen-bond donors (Lipinski definition) is 1. The van der Waals surface area contributed by atoms with Gasteiger partial charge in [0.05, 0.1) is 17.1 Å². The van der Waals surface area contributed by atoms with E-state index in [-0.39, 0.29) is 24.2 Å². The highest BCUT2D eigenvalue weighted by molar-refractivity contribution is 5.92. The highest BCUT2D eigenvalue weighted by atomic mass is 16.6. The van der Waals surface area contributed by atoms with Crippen LogP contribution in [0.1, 0.15) is 24.8 Å². The minimum Gasteiger partial charge on any atom is -0.395 e. The molecule has 1 saturated carbocycles. The number of rotatable bonds is 6. The van der Waals surface area contributed by atoms with Crippen molar-refractivity contribution in [3.05, 3.63) is 46.0 Å². The summed E-state index contributed by atoms with van der Waals surface area (Å²) in [5, 5.41) is 20.0. The molecule has 0 heterocycles. The molecule has 0 atom stereocenters. The van der Waals surface area contributed by atoms with Crippen molar-refractivity contribution in [1.29, 1.82) is 0 Å². The van der Waals surface area contributed by atoms with Crippen LogP contribution in [-0.2, 0) is 4.79 Å². The van der Waals surface area contributed by atoms with Gasteiger partial charge in [-0.25, -0.2) is 0 Å². The van der Waals surface area contributed by atoms with Crippen molar-refractivity contribution in [2.24, 2.45) is 0 Å². The van der Waals surface area contributed by atoms with Gasteiger partial charge in [0.15, 0.2) is 0 Å². The highest BCUT2D eigenvalue weighted by Gasteiger charge is 2.27. The molecule has 0 bridgehead atoms. The van der Waals surface area contributed by atoms with Gasteiger partial charge in [-0.3, -0.25) is 14.9 Å². The third-order valence-electron chi connectivity index (χ3n) is 3.68. The summed E-state index contributed by atoms with van der Waals surface area (Å²) in [7, 11) is 0. The molecule has 1 fully saturated rings. The number of nitrogens with zero attached hydrogens (tertiary/aromatic N) is 2. The number of benzene rings is 1. The van der Waals surface area contributed by atoms with E-state index >= 15 is 0 Å². The Morgan fingerprint density at radius 2 is 2.14 bits per heavy atom. The quantitative estimate of drug-likeness (QED) is 0.493. The molecule has 0 aliphatic heterocycles. The first-order valence-corrected chi connectivity index (χ1v) is 6.96. The molecule has 1 aromatic carbocycles. The fourth-order valence-electron chi connectivity index (χ4n) is 2.33. The van der Waals surface area contributed by atoms with E-state index in [1.165, 1.54) is 18.2 Å². The Morgan fingerprint density at radius 3 is 2.71 bits per heavy atom. The number of amides is 1. The minimum absolute atomic E-state index is 0.0288. The molecule has 0 radical (unpaired) electrons. The Hall–Kier alpha value is -2.21. The van der Waals surface area contributed by atoms with Crippen molar-refractivity contribution in [2.75, 3.05) is 13.2 Å². The van der Waals surface area contributed by atoms with Gasteiger partial charge < -0.3 is 10.0 Å². The number of nitro benzene ring substituents is 1. The van der Waals surface area contributed by atoms with E-state index in [0.717, 1.165) is 19.3 Å². The summed E-state index contributed by atoms with van der Waals surface area (Å²) >= 11 is 0. The van der Waals surface area contributed by atoms with Crippen LogP contribution in [0.3, 0.4) is 0 Å². The lowest BCUT2D eigenvalue weighted by molar-refractivity contribution is -0.385. The Morgan fingerprint density at radius 1 is 1.43 bits per heavy atom. The van der Waals surface area contributed by atoms with Gasteiger partial charge in [0.25, 0.3) is 5.69 Å². The van der Waals surface area contributed by atoms with Crippen LogP contribution in [0.5, 0.6) is 0 Å². The molecular formula is C15H18N2O4.